The number of para-hydroxylation sites is 1. The van der Waals surface area contributed by atoms with Crippen molar-refractivity contribution in [3.05, 3.63) is 65.4 Å². The van der Waals surface area contributed by atoms with Gasteiger partial charge in [-0.1, -0.05) is 35.9 Å². The molecule has 20 heavy (non-hydrogen) atoms. The Morgan fingerprint density at radius 3 is 2.70 bits per heavy atom. The fourth-order valence-electron chi connectivity index (χ4n) is 1.98. The van der Waals surface area contributed by atoms with Gasteiger partial charge in [0, 0.05) is 17.0 Å². The Bertz CT molecular complexity index is 711. The highest BCUT2D eigenvalue weighted by atomic mass is 35.5. The molecule has 3 aromatic rings. The molecule has 0 saturated heterocycles. The number of nitrogens with one attached hydrogen (secondary N) is 1. The highest BCUT2D eigenvalue weighted by molar-refractivity contribution is 6.30. The second kappa shape index (κ2) is 6.55. The monoisotopic (exact) mass is 305 g/mol. The van der Waals surface area contributed by atoms with Gasteiger partial charge in [-0.15, -0.1) is 12.4 Å². The Hall–Kier alpha value is -1.84. The summed E-state index contributed by atoms with van der Waals surface area (Å²) in [4.78, 5) is 8.53. The number of hydrogen-bond acceptors (Lipinski definition) is 3. The van der Waals surface area contributed by atoms with Gasteiger partial charge in [-0.3, -0.25) is 0 Å². The van der Waals surface area contributed by atoms with Crippen LogP contribution in [0, 0.1) is 0 Å². The largest absolute Gasteiger partial charge is 0.365 e. The number of benzene rings is 2. The van der Waals surface area contributed by atoms with Crippen molar-refractivity contribution >= 4 is 40.7 Å². The van der Waals surface area contributed by atoms with E-state index in [1.807, 2.05) is 48.5 Å². The maximum atomic E-state index is 5.97. The summed E-state index contributed by atoms with van der Waals surface area (Å²) in [6, 6.07) is 15.7. The van der Waals surface area contributed by atoms with Crippen LogP contribution in [0.4, 0.5) is 5.82 Å². The average molecular weight is 306 g/mol. The molecule has 102 valence electrons. The minimum Gasteiger partial charge on any atom is -0.365 e. The van der Waals surface area contributed by atoms with Crippen molar-refractivity contribution in [3.8, 4) is 0 Å². The molecule has 1 N–H and O–H groups in total. The third-order valence-electron chi connectivity index (χ3n) is 2.89. The van der Waals surface area contributed by atoms with E-state index in [-0.39, 0.29) is 12.4 Å². The molecular formula is C15H13Cl2N3. The minimum atomic E-state index is 0. The SMILES string of the molecule is Cl.Clc1cccc(CNc2ncnc3ccccc23)c1. The zero-order chi connectivity index (χ0) is 13.1. The van der Waals surface area contributed by atoms with Crippen molar-refractivity contribution < 1.29 is 0 Å². The summed E-state index contributed by atoms with van der Waals surface area (Å²) in [6.45, 7) is 0.682. The lowest BCUT2D eigenvalue weighted by Crippen LogP contribution is -2.02. The van der Waals surface area contributed by atoms with Crippen LogP contribution >= 0.6 is 24.0 Å². The molecule has 0 bridgehead atoms. The van der Waals surface area contributed by atoms with Crippen molar-refractivity contribution in [2.75, 3.05) is 5.32 Å². The van der Waals surface area contributed by atoms with Gasteiger partial charge in [0.05, 0.1) is 5.52 Å². The van der Waals surface area contributed by atoms with Gasteiger partial charge >= 0.3 is 0 Å². The van der Waals surface area contributed by atoms with Crippen LogP contribution in [0.25, 0.3) is 10.9 Å². The van der Waals surface area contributed by atoms with Gasteiger partial charge in [0.15, 0.2) is 0 Å². The maximum Gasteiger partial charge on any atom is 0.137 e. The summed E-state index contributed by atoms with van der Waals surface area (Å²) in [7, 11) is 0. The Morgan fingerprint density at radius 1 is 1.00 bits per heavy atom. The highest BCUT2D eigenvalue weighted by Gasteiger charge is 2.02. The third kappa shape index (κ3) is 3.18. The van der Waals surface area contributed by atoms with Crippen LogP contribution in [-0.4, -0.2) is 9.97 Å². The lowest BCUT2D eigenvalue weighted by atomic mass is 10.2. The van der Waals surface area contributed by atoms with Gasteiger partial charge in [-0.2, -0.15) is 0 Å². The molecule has 0 aliphatic carbocycles. The molecule has 0 spiro atoms. The normalized spacial score (nSPS) is 10.1. The van der Waals surface area contributed by atoms with Gasteiger partial charge in [-0.05, 0) is 29.8 Å². The Morgan fingerprint density at radius 2 is 1.85 bits per heavy atom. The Kier molecular flexibility index (Phi) is 4.77. The van der Waals surface area contributed by atoms with E-state index in [0.717, 1.165) is 27.3 Å². The maximum absolute atomic E-state index is 5.97. The molecule has 5 heteroatoms. The number of halogens is 2. The summed E-state index contributed by atoms with van der Waals surface area (Å²) in [5.41, 5.74) is 2.06. The summed E-state index contributed by atoms with van der Waals surface area (Å²) in [5.74, 6) is 0.838. The predicted molar refractivity (Wildman–Crippen MR) is 85.6 cm³/mol. The lowest BCUT2D eigenvalue weighted by molar-refractivity contribution is 1.10. The van der Waals surface area contributed by atoms with Gasteiger partial charge in [0.1, 0.15) is 12.1 Å². The van der Waals surface area contributed by atoms with Crippen LogP contribution < -0.4 is 5.32 Å². The number of anilines is 1. The summed E-state index contributed by atoms with van der Waals surface area (Å²) in [6.07, 6.45) is 1.57. The fraction of sp³-hybridized carbons (Fsp3) is 0.0667. The number of fused-ring (bicyclic) bond motifs is 1. The predicted octanol–water partition coefficient (Wildman–Crippen LogP) is 4.32. The Balaban J connectivity index is 0.00000147. The van der Waals surface area contributed by atoms with E-state index in [2.05, 4.69) is 15.3 Å². The van der Waals surface area contributed by atoms with Gasteiger partial charge < -0.3 is 5.32 Å². The van der Waals surface area contributed by atoms with Crippen molar-refractivity contribution in [1.29, 1.82) is 0 Å². The topological polar surface area (TPSA) is 37.8 Å². The van der Waals surface area contributed by atoms with E-state index < -0.39 is 0 Å². The first-order chi connectivity index (χ1) is 9.33. The molecule has 0 atom stereocenters. The van der Waals surface area contributed by atoms with E-state index in [9.17, 15) is 0 Å². The number of rotatable bonds is 3. The zero-order valence-corrected chi connectivity index (χ0v) is 12.2. The van der Waals surface area contributed by atoms with E-state index in [1.54, 1.807) is 6.33 Å². The first-order valence-corrected chi connectivity index (χ1v) is 6.39. The fourth-order valence-corrected chi connectivity index (χ4v) is 2.19. The molecule has 2 aromatic carbocycles. The summed E-state index contributed by atoms with van der Waals surface area (Å²) < 4.78 is 0. The van der Waals surface area contributed by atoms with Crippen molar-refractivity contribution in [2.45, 2.75) is 6.54 Å². The van der Waals surface area contributed by atoms with Crippen molar-refractivity contribution in [3.63, 3.8) is 0 Å². The quantitative estimate of drug-likeness (QED) is 0.783. The van der Waals surface area contributed by atoms with Crippen LogP contribution in [0.15, 0.2) is 54.9 Å². The molecule has 0 aliphatic heterocycles. The van der Waals surface area contributed by atoms with E-state index >= 15 is 0 Å². The molecule has 3 rings (SSSR count). The van der Waals surface area contributed by atoms with Crippen LogP contribution in [0.5, 0.6) is 0 Å². The number of aromatic nitrogens is 2. The molecule has 3 nitrogen and oxygen atoms in total. The molecule has 0 aliphatic rings. The van der Waals surface area contributed by atoms with Crippen LogP contribution in [0.1, 0.15) is 5.56 Å². The van der Waals surface area contributed by atoms with E-state index in [4.69, 9.17) is 11.6 Å². The molecule has 0 amide bonds. The molecule has 0 fully saturated rings. The highest BCUT2D eigenvalue weighted by Crippen LogP contribution is 2.19. The van der Waals surface area contributed by atoms with Gasteiger partial charge in [0.25, 0.3) is 0 Å². The molecule has 1 aromatic heterocycles. The van der Waals surface area contributed by atoms with Crippen molar-refractivity contribution in [1.82, 2.24) is 9.97 Å². The zero-order valence-electron chi connectivity index (χ0n) is 10.6. The third-order valence-corrected chi connectivity index (χ3v) is 3.13. The molecule has 0 saturated carbocycles. The number of nitrogens with zero attached hydrogens (tertiary/aromatic N) is 2. The summed E-state index contributed by atoms with van der Waals surface area (Å²) in [5, 5.41) is 5.08. The Labute approximate surface area is 128 Å². The molecule has 0 unspecified atom stereocenters. The average Bonchev–Trinajstić information content (AvgIpc) is 2.45. The first-order valence-electron chi connectivity index (χ1n) is 6.01. The van der Waals surface area contributed by atoms with E-state index in [1.165, 1.54) is 0 Å². The minimum absolute atomic E-state index is 0. The van der Waals surface area contributed by atoms with Crippen LogP contribution in [0.2, 0.25) is 5.02 Å². The van der Waals surface area contributed by atoms with Gasteiger partial charge in [0.2, 0.25) is 0 Å². The van der Waals surface area contributed by atoms with Crippen LogP contribution in [-0.2, 0) is 6.54 Å². The molecule has 1 heterocycles. The van der Waals surface area contributed by atoms with Gasteiger partial charge in [-0.25, -0.2) is 9.97 Å². The molecule has 0 radical (unpaired) electrons. The smallest absolute Gasteiger partial charge is 0.137 e. The lowest BCUT2D eigenvalue weighted by Gasteiger charge is -2.08. The second-order valence-corrected chi connectivity index (χ2v) is 4.66. The molecular weight excluding hydrogens is 293 g/mol. The second-order valence-electron chi connectivity index (χ2n) is 4.22. The number of hydrogen-bond donors (Lipinski definition) is 1. The standard InChI is InChI=1S/C15H12ClN3.ClH/c16-12-5-3-4-11(8-12)9-17-15-13-6-1-2-7-14(13)18-10-19-15;/h1-8,10H,9H2,(H,17,18,19);1H. The van der Waals surface area contributed by atoms with Crippen molar-refractivity contribution in [2.24, 2.45) is 0 Å². The van der Waals surface area contributed by atoms with Crippen LogP contribution in [0.3, 0.4) is 0 Å². The first kappa shape index (κ1) is 14.6. The van der Waals surface area contributed by atoms with E-state index in [0.29, 0.717) is 6.54 Å². The summed E-state index contributed by atoms with van der Waals surface area (Å²) >= 11 is 5.97.